The highest BCUT2D eigenvalue weighted by Gasteiger charge is 2.48. The van der Waals surface area contributed by atoms with E-state index in [1.807, 2.05) is 30.3 Å². The van der Waals surface area contributed by atoms with Crippen LogP contribution < -0.4 is 11.3 Å². The van der Waals surface area contributed by atoms with E-state index in [4.69, 9.17) is 27.3 Å². The minimum atomic E-state index is -0.170. The number of hydrogen-bond acceptors (Lipinski definition) is 8. The van der Waals surface area contributed by atoms with E-state index >= 15 is 0 Å². The number of aromatic nitrogens is 6. The molecule has 0 radical (unpaired) electrons. The third kappa shape index (κ3) is 17.6. The highest BCUT2D eigenvalue weighted by Crippen LogP contribution is 2.51. The fraction of sp³-hybridized carbons (Fsp3) is 0.556. The third-order valence-corrected chi connectivity index (χ3v) is 14.5. The van der Waals surface area contributed by atoms with E-state index in [0.717, 1.165) is 79.7 Å². The maximum Gasteiger partial charge on any atom is 0.238 e. The van der Waals surface area contributed by atoms with Gasteiger partial charge in [0.05, 0.1) is 18.9 Å². The average Bonchev–Trinajstić information content (AvgIpc) is 3.90. The van der Waals surface area contributed by atoms with Crippen molar-refractivity contribution >= 4 is 39.3 Å². The van der Waals surface area contributed by atoms with E-state index in [1.165, 1.54) is 118 Å². The highest BCUT2D eigenvalue weighted by atomic mass is 79.9. The Labute approximate surface area is 414 Å². The maximum absolute atomic E-state index is 10.7. The number of hydrogen-bond donors (Lipinski definition) is 2. The fourth-order valence-electron chi connectivity index (χ4n) is 9.15. The number of nitrogens with one attached hydrogen (secondary N) is 1. The molecule has 9 rings (SSSR count). The number of halogens is 2. The molecule has 5 heterocycles. The molecule has 3 aliphatic heterocycles. The van der Waals surface area contributed by atoms with Gasteiger partial charge in [0.1, 0.15) is 23.3 Å². The fourth-order valence-corrected chi connectivity index (χ4v) is 9.75. The predicted molar refractivity (Wildman–Crippen MR) is 278 cm³/mol. The van der Waals surface area contributed by atoms with Gasteiger partial charge in [0.15, 0.2) is 5.90 Å². The largest absolute Gasteiger partial charge is 0.484 e. The molecule has 1 fully saturated rings. The van der Waals surface area contributed by atoms with E-state index in [9.17, 15) is 4.79 Å². The first-order chi connectivity index (χ1) is 32.8. The number of ether oxygens (including phenoxy) is 1. The number of aliphatic imine (C=N–C) groups is 1. The Balaban J connectivity index is 0.000000168. The van der Waals surface area contributed by atoms with Gasteiger partial charge >= 0.3 is 0 Å². The lowest BCUT2D eigenvalue weighted by atomic mass is 9.58. The minimum Gasteiger partial charge on any atom is -0.484 e. The van der Waals surface area contributed by atoms with Gasteiger partial charge in [-0.15, -0.1) is 32.0 Å². The molecule has 0 spiro atoms. The van der Waals surface area contributed by atoms with Gasteiger partial charge in [0.2, 0.25) is 5.91 Å². The SMILES string of the molecule is CC(CCl)CBr.CC1CC(c2ccccc2)(c2nnc3n2CCCCCC3)C1.COC1=NCCCCCC1.NNC(=O)Cc1ccccc1.c1ccc(Cc2nnc3n2CCCCCC3)cc1. The summed E-state index contributed by atoms with van der Waals surface area (Å²) in [6.07, 6.45) is 22.4. The van der Waals surface area contributed by atoms with Crippen LogP contribution >= 0.6 is 27.5 Å². The van der Waals surface area contributed by atoms with Crippen molar-refractivity contribution in [3.8, 4) is 0 Å². The molecular formula is C54H77BrClN9O2. The van der Waals surface area contributed by atoms with Gasteiger partial charge in [0, 0.05) is 56.5 Å². The van der Waals surface area contributed by atoms with Crippen LogP contribution in [0.5, 0.6) is 0 Å². The molecule has 67 heavy (non-hydrogen) atoms. The minimum absolute atomic E-state index is 0.102. The topological polar surface area (TPSA) is 138 Å². The monoisotopic (exact) mass is 998 g/mol. The van der Waals surface area contributed by atoms with Crippen LogP contribution in [0.15, 0.2) is 96.0 Å². The normalized spacial score (nSPS) is 19.4. The molecule has 364 valence electrons. The summed E-state index contributed by atoms with van der Waals surface area (Å²) in [5.41, 5.74) is 5.88. The predicted octanol–water partition coefficient (Wildman–Crippen LogP) is 11.6. The Morgan fingerprint density at radius 1 is 0.746 bits per heavy atom. The lowest BCUT2D eigenvalue weighted by molar-refractivity contribution is -0.120. The third-order valence-electron chi connectivity index (χ3n) is 12.9. The van der Waals surface area contributed by atoms with Crippen molar-refractivity contribution in [3.05, 3.63) is 131 Å². The summed E-state index contributed by atoms with van der Waals surface area (Å²) in [7, 11) is 1.71. The Morgan fingerprint density at radius 2 is 1.28 bits per heavy atom. The second kappa shape index (κ2) is 30.2. The first-order valence-electron chi connectivity index (χ1n) is 25.0. The van der Waals surface area contributed by atoms with Crippen LogP contribution in [0.2, 0.25) is 0 Å². The highest BCUT2D eigenvalue weighted by molar-refractivity contribution is 9.09. The molecule has 11 nitrogen and oxygen atoms in total. The van der Waals surface area contributed by atoms with E-state index in [1.54, 1.807) is 7.11 Å². The average molecular weight is 1000 g/mol. The molecule has 1 unspecified atom stereocenters. The van der Waals surface area contributed by atoms with Crippen LogP contribution in [0.1, 0.15) is 150 Å². The number of nitrogens with two attached hydrogens (primary N) is 1. The van der Waals surface area contributed by atoms with E-state index in [0.29, 0.717) is 12.3 Å². The van der Waals surface area contributed by atoms with Crippen LogP contribution in [0.25, 0.3) is 0 Å². The standard InChI is InChI=1S/C19H25N3.C15H19N3.C8H10N2O.C8H15NO.C4H8BrCl/c1-15-13-19(14-15,16-9-5-4-6-10-16)18-21-20-17-11-7-2-3-8-12-22(17)18;1-2-7-11-18-14(10-6-1)16-17-15(18)12-13-8-4-3-5-9-13;9-10-8(11)6-7-4-2-1-3-5-7;1-10-8-6-4-2-3-5-7-9-8;1-4(2-5)3-6/h4-6,9-10,15H,2-3,7-8,11-14H2,1H3;3-5,8-9H,1-2,6-7,10-12H2;1-5H,6,9H2,(H,10,11);2-7H2,1H3;4H,2-3H2,1H3. The number of rotatable bonds is 8. The van der Waals surface area contributed by atoms with Crippen molar-refractivity contribution in [1.29, 1.82) is 0 Å². The molecule has 5 aromatic rings. The number of carbonyl (C=O) groups excluding carboxylic acids is 1. The van der Waals surface area contributed by atoms with Crippen molar-refractivity contribution in [3.63, 3.8) is 0 Å². The van der Waals surface area contributed by atoms with Gasteiger partial charge in [-0.2, -0.15) is 0 Å². The number of alkyl halides is 2. The van der Waals surface area contributed by atoms with Gasteiger partial charge in [-0.25, -0.2) is 5.84 Å². The summed E-state index contributed by atoms with van der Waals surface area (Å²) in [5.74, 6) is 12.6. The lowest BCUT2D eigenvalue weighted by Crippen LogP contribution is -2.43. The van der Waals surface area contributed by atoms with Crippen LogP contribution in [0.3, 0.4) is 0 Å². The van der Waals surface area contributed by atoms with Crippen LogP contribution in [0.4, 0.5) is 0 Å². The Kier molecular flexibility index (Phi) is 24.1. The van der Waals surface area contributed by atoms with E-state index in [2.05, 4.69) is 125 Å². The van der Waals surface area contributed by atoms with Crippen molar-refractivity contribution in [2.75, 3.05) is 24.9 Å². The Bertz CT molecular complexity index is 2140. The van der Waals surface area contributed by atoms with Crippen molar-refractivity contribution in [2.24, 2.45) is 22.7 Å². The molecule has 3 aromatic carbocycles. The summed E-state index contributed by atoms with van der Waals surface area (Å²) >= 11 is 8.71. The molecule has 13 heteroatoms. The van der Waals surface area contributed by atoms with Crippen molar-refractivity contribution < 1.29 is 9.53 Å². The number of aryl methyl sites for hydroxylation is 2. The summed E-state index contributed by atoms with van der Waals surface area (Å²) < 4.78 is 9.87. The van der Waals surface area contributed by atoms with Crippen molar-refractivity contribution in [2.45, 2.75) is 154 Å². The lowest BCUT2D eigenvalue weighted by Gasteiger charge is -2.46. The number of fused-ring (bicyclic) bond motifs is 2. The first-order valence-corrected chi connectivity index (χ1v) is 26.6. The molecule has 0 saturated heterocycles. The molecule has 1 amide bonds. The Hall–Kier alpha value is -4.39. The van der Waals surface area contributed by atoms with E-state index < -0.39 is 0 Å². The summed E-state index contributed by atoms with van der Waals surface area (Å²) in [6, 6.07) is 31.0. The number of methoxy groups -OCH3 is 1. The summed E-state index contributed by atoms with van der Waals surface area (Å²) in [6.45, 7) is 7.60. The number of amides is 1. The van der Waals surface area contributed by atoms with Gasteiger partial charge < -0.3 is 13.9 Å². The molecule has 1 aliphatic carbocycles. The number of benzene rings is 3. The number of carbonyl (C=O) groups is 1. The van der Waals surface area contributed by atoms with Gasteiger partial charge in [-0.1, -0.05) is 159 Å². The van der Waals surface area contributed by atoms with Crippen molar-refractivity contribution in [1.82, 2.24) is 35.0 Å². The van der Waals surface area contributed by atoms with E-state index in [-0.39, 0.29) is 11.3 Å². The quantitative estimate of drug-likeness (QED) is 0.0683. The first kappa shape index (κ1) is 53.6. The second-order valence-corrected chi connectivity index (χ2v) is 19.5. The molecular weight excluding hydrogens is 922 g/mol. The maximum atomic E-state index is 10.7. The molecule has 3 N–H and O–H groups in total. The zero-order valence-electron chi connectivity index (χ0n) is 40.6. The molecule has 1 saturated carbocycles. The smallest absolute Gasteiger partial charge is 0.238 e. The number of nitrogens with zero attached hydrogens (tertiary/aromatic N) is 7. The second-order valence-electron chi connectivity index (χ2n) is 18.5. The molecule has 0 bridgehead atoms. The van der Waals surface area contributed by atoms with Gasteiger partial charge in [-0.3, -0.25) is 15.2 Å². The molecule has 2 aromatic heterocycles. The van der Waals surface area contributed by atoms with Crippen LogP contribution in [-0.4, -0.2) is 66.2 Å². The zero-order valence-corrected chi connectivity index (χ0v) is 42.9. The summed E-state index contributed by atoms with van der Waals surface area (Å²) in [5, 5.41) is 19.0. The summed E-state index contributed by atoms with van der Waals surface area (Å²) in [4.78, 5) is 15.0. The number of hydrazine groups is 1. The Morgan fingerprint density at radius 3 is 1.85 bits per heavy atom. The van der Waals surface area contributed by atoms with Crippen LogP contribution in [0, 0.1) is 11.8 Å². The van der Waals surface area contributed by atoms with Gasteiger partial charge in [0.25, 0.3) is 0 Å². The zero-order chi connectivity index (χ0) is 47.5. The van der Waals surface area contributed by atoms with Gasteiger partial charge in [-0.05, 0) is 79.9 Å². The molecule has 1 atom stereocenters. The molecule has 4 aliphatic rings. The van der Waals surface area contributed by atoms with Crippen LogP contribution in [-0.2, 0) is 53.7 Å².